The highest BCUT2D eigenvalue weighted by atomic mass is 79.9. The second-order valence-corrected chi connectivity index (χ2v) is 5.91. The van der Waals surface area contributed by atoms with E-state index < -0.39 is 5.97 Å². The Bertz CT molecular complexity index is 688. The van der Waals surface area contributed by atoms with Crippen LogP contribution in [0.3, 0.4) is 0 Å². The number of aryl methyl sites for hydroxylation is 1. The number of hydrogen-bond donors (Lipinski definition) is 1. The monoisotopic (exact) mass is 373 g/mol. The highest BCUT2D eigenvalue weighted by Gasteiger charge is 2.15. The number of rotatable bonds is 6. The summed E-state index contributed by atoms with van der Waals surface area (Å²) < 4.78 is 7.12. The first-order valence-electron chi connectivity index (χ1n) is 5.94. The highest BCUT2D eigenvalue weighted by Crippen LogP contribution is 2.25. The van der Waals surface area contributed by atoms with E-state index in [9.17, 15) is 9.59 Å². The number of fused-ring (bicyclic) bond motifs is 1. The van der Waals surface area contributed by atoms with E-state index in [2.05, 4.69) is 30.6 Å². The number of imidazole rings is 1. The van der Waals surface area contributed by atoms with E-state index >= 15 is 0 Å². The third kappa shape index (κ3) is 3.94. The van der Waals surface area contributed by atoms with Gasteiger partial charge in [-0.25, -0.2) is 9.97 Å². The first-order chi connectivity index (χ1) is 10.0. The molecule has 2 heterocycles. The summed E-state index contributed by atoms with van der Waals surface area (Å²) in [5, 5.41) is 9.30. The van der Waals surface area contributed by atoms with Crippen molar-refractivity contribution in [3.05, 3.63) is 16.7 Å². The largest absolute Gasteiger partial charge is 0.481 e. The molecule has 2 aromatic heterocycles. The van der Waals surface area contributed by atoms with Gasteiger partial charge in [0.15, 0.2) is 10.8 Å². The van der Waals surface area contributed by atoms with Gasteiger partial charge in [-0.3, -0.25) is 9.59 Å². The number of pyridine rings is 1. The summed E-state index contributed by atoms with van der Waals surface area (Å²) >= 11 is 4.41. The maximum absolute atomic E-state index is 11.3. The van der Waals surface area contributed by atoms with Gasteiger partial charge in [-0.05, 0) is 22.0 Å². The Hall–Kier alpha value is -1.61. The van der Waals surface area contributed by atoms with Crippen molar-refractivity contribution < 1.29 is 19.4 Å². The molecule has 21 heavy (non-hydrogen) atoms. The molecule has 0 saturated heterocycles. The van der Waals surface area contributed by atoms with Gasteiger partial charge in [0.2, 0.25) is 0 Å². The van der Waals surface area contributed by atoms with Crippen LogP contribution in [-0.4, -0.2) is 44.4 Å². The molecule has 0 aliphatic carbocycles. The number of nitrogens with zero attached hydrogens (tertiary/aromatic N) is 3. The van der Waals surface area contributed by atoms with Crippen LogP contribution in [0.25, 0.3) is 11.2 Å². The molecule has 0 unspecified atom stereocenters. The van der Waals surface area contributed by atoms with Crippen LogP contribution >= 0.6 is 27.7 Å². The number of carbonyl (C=O) groups excluding carboxylic acids is 1. The Balaban J connectivity index is 2.34. The minimum atomic E-state index is -0.930. The quantitative estimate of drug-likeness (QED) is 0.610. The normalized spacial score (nSPS) is 10.8. The summed E-state index contributed by atoms with van der Waals surface area (Å²) in [6.07, 6.45) is 1.80. The Labute approximate surface area is 132 Å². The Morgan fingerprint density at radius 2 is 2.29 bits per heavy atom. The average Bonchev–Trinajstić information content (AvgIpc) is 2.79. The molecule has 2 rings (SSSR count). The van der Waals surface area contributed by atoms with Crippen LogP contribution in [0.5, 0.6) is 0 Å². The fourth-order valence-electron chi connectivity index (χ4n) is 1.71. The molecule has 112 valence electrons. The molecular weight excluding hydrogens is 362 g/mol. The zero-order chi connectivity index (χ0) is 15.4. The molecule has 2 aromatic rings. The van der Waals surface area contributed by atoms with Crippen molar-refractivity contribution in [1.82, 2.24) is 14.5 Å². The van der Waals surface area contributed by atoms with Gasteiger partial charge in [0.1, 0.15) is 5.52 Å². The van der Waals surface area contributed by atoms with E-state index in [1.807, 2.05) is 0 Å². The lowest BCUT2D eigenvalue weighted by molar-refractivity contribution is -0.141. The number of ether oxygens (including phenoxy) is 1. The molecule has 0 bridgehead atoms. The lowest BCUT2D eigenvalue weighted by atomic mass is 10.4. The van der Waals surface area contributed by atoms with Gasteiger partial charge < -0.3 is 14.4 Å². The predicted octanol–water partition coefficient (Wildman–Crippen LogP) is 1.93. The molecule has 0 saturated carbocycles. The van der Waals surface area contributed by atoms with Gasteiger partial charge in [0, 0.05) is 17.2 Å². The lowest BCUT2D eigenvalue weighted by Crippen LogP contribution is -2.09. The number of carboxylic acid groups (broad SMARTS) is 1. The smallest absolute Gasteiger partial charge is 0.313 e. The molecule has 0 spiro atoms. The van der Waals surface area contributed by atoms with Crippen LogP contribution in [0.2, 0.25) is 0 Å². The van der Waals surface area contributed by atoms with Crippen molar-refractivity contribution in [3.8, 4) is 0 Å². The molecule has 0 aromatic carbocycles. The third-order valence-electron chi connectivity index (χ3n) is 2.61. The molecular formula is C12H12BrN3O4S. The molecule has 0 aliphatic heterocycles. The topological polar surface area (TPSA) is 94.3 Å². The molecule has 0 aliphatic rings. The van der Waals surface area contributed by atoms with Gasteiger partial charge >= 0.3 is 11.9 Å². The summed E-state index contributed by atoms with van der Waals surface area (Å²) in [6, 6.07) is 1.79. The van der Waals surface area contributed by atoms with Gasteiger partial charge in [-0.1, -0.05) is 11.8 Å². The van der Waals surface area contributed by atoms with Crippen molar-refractivity contribution in [3.63, 3.8) is 0 Å². The van der Waals surface area contributed by atoms with E-state index in [-0.39, 0.29) is 18.1 Å². The number of methoxy groups -OCH3 is 1. The molecule has 0 amide bonds. The molecule has 1 N–H and O–H groups in total. The van der Waals surface area contributed by atoms with E-state index in [0.717, 1.165) is 16.2 Å². The number of carbonyl (C=O) groups is 2. The van der Waals surface area contributed by atoms with E-state index in [1.54, 1.807) is 16.8 Å². The minimum Gasteiger partial charge on any atom is -0.481 e. The minimum absolute atomic E-state index is 0.108. The molecule has 0 atom stereocenters. The van der Waals surface area contributed by atoms with Crippen LogP contribution in [0.15, 0.2) is 21.9 Å². The Morgan fingerprint density at radius 3 is 2.95 bits per heavy atom. The van der Waals surface area contributed by atoms with Gasteiger partial charge in [-0.2, -0.15) is 0 Å². The first kappa shape index (κ1) is 15.8. The zero-order valence-corrected chi connectivity index (χ0v) is 13.5. The number of hydrogen-bond acceptors (Lipinski definition) is 6. The predicted molar refractivity (Wildman–Crippen MR) is 80.2 cm³/mol. The second-order valence-electron chi connectivity index (χ2n) is 4.05. The van der Waals surface area contributed by atoms with E-state index in [4.69, 9.17) is 5.11 Å². The van der Waals surface area contributed by atoms with Crippen molar-refractivity contribution >= 4 is 50.8 Å². The SMILES string of the molecule is COC(=O)CCn1c(SCC(=O)O)nc2cc(Br)cnc21. The fourth-order valence-corrected chi connectivity index (χ4v) is 2.78. The van der Waals surface area contributed by atoms with E-state index in [0.29, 0.717) is 22.9 Å². The van der Waals surface area contributed by atoms with Crippen molar-refractivity contribution in [2.75, 3.05) is 12.9 Å². The van der Waals surface area contributed by atoms with Crippen molar-refractivity contribution in [2.24, 2.45) is 0 Å². The van der Waals surface area contributed by atoms with Crippen LogP contribution in [0.4, 0.5) is 0 Å². The lowest BCUT2D eigenvalue weighted by Gasteiger charge is -2.06. The van der Waals surface area contributed by atoms with Crippen molar-refractivity contribution in [1.29, 1.82) is 0 Å². The van der Waals surface area contributed by atoms with Crippen LogP contribution in [-0.2, 0) is 20.9 Å². The molecule has 9 heteroatoms. The van der Waals surface area contributed by atoms with Gasteiger partial charge in [0.05, 0.1) is 19.3 Å². The summed E-state index contributed by atoms with van der Waals surface area (Å²) in [7, 11) is 1.32. The Morgan fingerprint density at radius 1 is 1.52 bits per heavy atom. The van der Waals surface area contributed by atoms with Gasteiger partial charge in [-0.15, -0.1) is 0 Å². The molecule has 0 radical (unpaired) electrons. The fraction of sp³-hybridized carbons (Fsp3) is 0.333. The average molecular weight is 374 g/mol. The number of aliphatic carboxylic acids is 1. The maximum atomic E-state index is 11.3. The first-order valence-corrected chi connectivity index (χ1v) is 7.72. The number of carboxylic acids is 1. The zero-order valence-electron chi connectivity index (χ0n) is 11.1. The van der Waals surface area contributed by atoms with E-state index in [1.165, 1.54) is 7.11 Å². The maximum Gasteiger partial charge on any atom is 0.313 e. The van der Waals surface area contributed by atoms with Crippen LogP contribution < -0.4 is 0 Å². The number of aromatic nitrogens is 3. The molecule has 0 fully saturated rings. The van der Waals surface area contributed by atoms with Gasteiger partial charge in [0.25, 0.3) is 0 Å². The number of halogens is 1. The Kier molecular flexibility index (Phi) is 5.18. The number of thioether (sulfide) groups is 1. The standard InChI is InChI=1S/C12H12BrN3O4S/c1-20-10(19)2-3-16-11-8(4-7(13)5-14-11)15-12(16)21-6-9(17)18/h4-5H,2-3,6H2,1H3,(H,17,18). The summed E-state index contributed by atoms with van der Waals surface area (Å²) in [5.74, 6) is -1.38. The van der Waals surface area contributed by atoms with Crippen LogP contribution in [0.1, 0.15) is 6.42 Å². The summed E-state index contributed by atoms with van der Waals surface area (Å²) in [6.45, 7) is 0.333. The number of esters is 1. The second kappa shape index (κ2) is 6.90. The third-order valence-corrected chi connectivity index (χ3v) is 4.00. The van der Waals surface area contributed by atoms with Crippen molar-refractivity contribution in [2.45, 2.75) is 18.1 Å². The summed E-state index contributed by atoms with van der Waals surface area (Å²) in [4.78, 5) is 30.6. The summed E-state index contributed by atoms with van der Waals surface area (Å²) in [5.41, 5.74) is 1.25. The molecule has 7 nitrogen and oxygen atoms in total. The highest BCUT2D eigenvalue weighted by molar-refractivity contribution is 9.10. The van der Waals surface area contributed by atoms with Crippen LogP contribution in [0, 0.1) is 0 Å².